The highest BCUT2D eigenvalue weighted by Gasteiger charge is 2.21. The second kappa shape index (κ2) is 5.33. The molecule has 102 valence electrons. The van der Waals surface area contributed by atoms with Crippen molar-refractivity contribution in [2.24, 2.45) is 0 Å². The van der Waals surface area contributed by atoms with Crippen LogP contribution < -0.4 is 4.74 Å². The van der Waals surface area contributed by atoms with E-state index < -0.39 is 5.97 Å². The number of carboxylic acid groups (broad SMARTS) is 1. The van der Waals surface area contributed by atoms with Gasteiger partial charge in [-0.2, -0.15) is 0 Å². The highest BCUT2D eigenvalue weighted by Crippen LogP contribution is 2.32. The predicted octanol–water partition coefficient (Wildman–Crippen LogP) is 3.24. The van der Waals surface area contributed by atoms with E-state index in [0.29, 0.717) is 5.88 Å². The zero-order valence-corrected chi connectivity index (χ0v) is 11.0. The molecule has 0 aliphatic heterocycles. The van der Waals surface area contributed by atoms with E-state index in [1.165, 1.54) is 29.5 Å². The summed E-state index contributed by atoms with van der Waals surface area (Å²) in [5.41, 5.74) is 2.68. The van der Waals surface area contributed by atoms with Crippen LogP contribution in [-0.2, 0) is 6.42 Å². The van der Waals surface area contributed by atoms with Gasteiger partial charge in [0, 0.05) is 12.3 Å². The van der Waals surface area contributed by atoms with E-state index in [2.05, 4.69) is 17.1 Å². The standard InChI is InChI=1S/C16H15NO3/c18-16(19)12-8-9-17-15(10-12)20-14-7-3-5-11-4-1-2-6-13(11)14/h1-2,4,6,8-10,14H,3,5,7H2,(H,18,19). The van der Waals surface area contributed by atoms with Gasteiger partial charge in [-0.05, 0) is 36.5 Å². The molecular weight excluding hydrogens is 254 g/mol. The molecule has 0 bridgehead atoms. The number of hydrogen-bond acceptors (Lipinski definition) is 3. The number of pyridine rings is 1. The summed E-state index contributed by atoms with van der Waals surface area (Å²) < 4.78 is 5.90. The Labute approximate surface area is 117 Å². The normalized spacial score (nSPS) is 17.3. The lowest BCUT2D eigenvalue weighted by Crippen LogP contribution is -2.15. The fraction of sp³-hybridized carbons (Fsp3) is 0.250. The summed E-state index contributed by atoms with van der Waals surface area (Å²) in [6.45, 7) is 0. The molecule has 0 fully saturated rings. The van der Waals surface area contributed by atoms with Crippen LogP contribution in [0.3, 0.4) is 0 Å². The zero-order chi connectivity index (χ0) is 13.9. The van der Waals surface area contributed by atoms with Gasteiger partial charge in [0.15, 0.2) is 0 Å². The predicted molar refractivity (Wildman–Crippen MR) is 73.9 cm³/mol. The van der Waals surface area contributed by atoms with E-state index in [-0.39, 0.29) is 11.7 Å². The van der Waals surface area contributed by atoms with Gasteiger partial charge in [0.25, 0.3) is 0 Å². The SMILES string of the molecule is O=C(O)c1ccnc(OC2CCCc3ccccc32)c1. The molecule has 4 heteroatoms. The maximum absolute atomic E-state index is 11.0. The quantitative estimate of drug-likeness (QED) is 0.929. The van der Waals surface area contributed by atoms with Crippen molar-refractivity contribution in [1.82, 2.24) is 4.98 Å². The summed E-state index contributed by atoms with van der Waals surface area (Å²) in [6.07, 6.45) is 4.49. The number of aryl methyl sites for hydroxylation is 1. The van der Waals surface area contributed by atoms with Crippen molar-refractivity contribution in [3.8, 4) is 5.88 Å². The van der Waals surface area contributed by atoms with Gasteiger partial charge < -0.3 is 9.84 Å². The van der Waals surface area contributed by atoms with Crippen molar-refractivity contribution in [1.29, 1.82) is 0 Å². The van der Waals surface area contributed by atoms with Gasteiger partial charge in [-0.1, -0.05) is 24.3 Å². The fourth-order valence-electron chi connectivity index (χ4n) is 2.58. The maximum atomic E-state index is 11.0. The minimum atomic E-state index is -0.971. The van der Waals surface area contributed by atoms with E-state index >= 15 is 0 Å². The Morgan fingerprint density at radius 2 is 2.15 bits per heavy atom. The summed E-state index contributed by atoms with van der Waals surface area (Å²) in [6, 6.07) is 11.2. The average Bonchev–Trinajstić information content (AvgIpc) is 2.48. The molecule has 3 rings (SSSR count). The van der Waals surface area contributed by atoms with Crippen LogP contribution in [0.2, 0.25) is 0 Å². The fourth-order valence-corrected chi connectivity index (χ4v) is 2.58. The summed E-state index contributed by atoms with van der Waals surface area (Å²) in [4.78, 5) is 15.1. The number of aromatic nitrogens is 1. The topological polar surface area (TPSA) is 59.4 Å². The van der Waals surface area contributed by atoms with Crippen molar-refractivity contribution < 1.29 is 14.6 Å². The van der Waals surface area contributed by atoms with Crippen LogP contribution in [-0.4, -0.2) is 16.1 Å². The Balaban J connectivity index is 1.85. The Morgan fingerprint density at radius 1 is 1.30 bits per heavy atom. The smallest absolute Gasteiger partial charge is 0.335 e. The molecule has 1 heterocycles. The summed E-state index contributed by atoms with van der Waals surface area (Å²) in [5.74, 6) is -0.604. The van der Waals surface area contributed by atoms with Crippen molar-refractivity contribution >= 4 is 5.97 Å². The van der Waals surface area contributed by atoms with Crippen LogP contribution in [0.4, 0.5) is 0 Å². The molecule has 0 amide bonds. The lowest BCUT2D eigenvalue weighted by atomic mass is 9.89. The Kier molecular flexibility index (Phi) is 3.37. The van der Waals surface area contributed by atoms with Crippen molar-refractivity contribution in [3.05, 3.63) is 59.3 Å². The second-order valence-corrected chi connectivity index (χ2v) is 4.89. The molecule has 1 aliphatic rings. The van der Waals surface area contributed by atoms with E-state index in [9.17, 15) is 4.79 Å². The first-order chi connectivity index (χ1) is 9.74. The van der Waals surface area contributed by atoms with Gasteiger partial charge in [0.1, 0.15) is 6.10 Å². The Bertz CT molecular complexity index is 639. The van der Waals surface area contributed by atoms with E-state index in [1.54, 1.807) is 0 Å². The molecule has 1 N–H and O–H groups in total. The molecule has 0 saturated carbocycles. The van der Waals surface area contributed by atoms with Gasteiger partial charge >= 0.3 is 5.97 Å². The van der Waals surface area contributed by atoms with Crippen LogP contribution in [0.25, 0.3) is 0 Å². The highest BCUT2D eigenvalue weighted by molar-refractivity contribution is 5.87. The van der Waals surface area contributed by atoms with Gasteiger partial charge in [-0.15, -0.1) is 0 Å². The number of rotatable bonds is 3. The number of nitrogens with zero attached hydrogens (tertiary/aromatic N) is 1. The first kappa shape index (κ1) is 12.7. The molecule has 20 heavy (non-hydrogen) atoms. The zero-order valence-electron chi connectivity index (χ0n) is 11.0. The van der Waals surface area contributed by atoms with Crippen molar-refractivity contribution in [3.63, 3.8) is 0 Å². The third-order valence-electron chi connectivity index (χ3n) is 3.56. The molecule has 4 nitrogen and oxygen atoms in total. The molecule has 1 aromatic carbocycles. The third kappa shape index (κ3) is 2.50. The Morgan fingerprint density at radius 3 is 3.00 bits per heavy atom. The molecule has 1 aromatic heterocycles. The molecule has 1 aliphatic carbocycles. The van der Waals surface area contributed by atoms with Gasteiger partial charge in [0.05, 0.1) is 5.56 Å². The molecule has 1 unspecified atom stereocenters. The maximum Gasteiger partial charge on any atom is 0.335 e. The van der Waals surface area contributed by atoms with Crippen LogP contribution >= 0.6 is 0 Å². The average molecular weight is 269 g/mol. The van der Waals surface area contributed by atoms with Crippen molar-refractivity contribution in [2.45, 2.75) is 25.4 Å². The number of ether oxygens (including phenoxy) is 1. The number of carboxylic acids is 1. The van der Waals surface area contributed by atoms with Crippen LogP contribution in [0.5, 0.6) is 5.88 Å². The van der Waals surface area contributed by atoms with E-state index in [4.69, 9.17) is 9.84 Å². The van der Waals surface area contributed by atoms with Crippen LogP contribution in [0.15, 0.2) is 42.6 Å². The molecular formula is C16H15NO3. The largest absolute Gasteiger partial charge is 0.478 e. The third-order valence-corrected chi connectivity index (χ3v) is 3.56. The number of fused-ring (bicyclic) bond motifs is 1. The second-order valence-electron chi connectivity index (χ2n) is 4.89. The van der Waals surface area contributed by atoms with E-state index in [0.717, 1.165) is 19.3 Å². The molecule has 1 atom stereocenters. The number of hydrogen-bond donors (Lipinski definition) is 1. The first-order valence-electron chi connectivity index (χ1n) is 6.68. The molecule has 0 radical (unpaired) electrons. The Hall–Kier alpha value is -2.36. The molecule has 0 spiro atoms. The number of carbonyl (C=O) groups is 1. The summed E-state index contributed by atoms with van der Waals surface area (Å²) in [5, 5.41) is 8.99. The lowest BCUT2D eigenvalue weighted by Gasteiger charge is -2.25. The van der Waals surface area contributed by atoms with Gasteiger partial charge in [-0.3, -0.25) is 0 Å². The van der Waals surface area contributed by atoms with Crippen LogP contribution in [0.1, 0.15) is 40.4 Å². The number of aromatic carboxylic acids is 1. The monoisotopic (exact) mass is 269 g/mol. The van der Waals surface area contributed by atoms with Gasteiger partial charge in [0.2, 0.25) is 5.88 Å². The van der Waals surface area contributed by atoms with Crippen molar-refractivity contribution in [2.75, 3.05) is 0 Å². The first-order valence-corrected chi connectivity index (χ1v) is 6.68. The number of benzene rings is 1. The molecule has 0 saturated heterocycles. The van der Waals surface area contributed by atoms with Gasteiger partial charge in [-0.25, -0.2) is 9.78 Å². The minimum absolute atomic E-state index is 0.0449. The summed E-state index contributed by atoms with van der Waals surface area (Å²) >= 11 is 0. The van der Waals surface area contributed by atoms with E-state index in [1.807, 2.05) is 12.1 Å². The highest BCUT2D eigenvalue weighted by atomic mass is 16.5. The lowest BCUT2D eigenvalue weighted by molar-refractivity contribution is 0.0695. The summed E-state index contributed by atoms with van der Waals surface area (Å²) in [7, 11) is 0. The molecule has 2 aromatic rings. The van der Waals surface area contributed by atoms with Crippen LogP contribution in [0, 0.1) is 0 Å². The minimum Gasteiger partial charge on any atom is -0.478 e.